The Morgan fingerprint density at radius 1 is 1.35 bits per heavy atom. The third-order valence-electron chi connectivity index (χ3n) is 3.31. The van der Waals surface area contributed by atoms with E-state index < -0.39 is 0 Å². The van der Waals surface area contributed by atoms with E-state index in [-0.39, 0.29) is 6.10 Å². The smallest absolute Gasteiger partial charge is 0.242 e. The van der Waals surface area contributed by atoms with Gasteiger partial charge in [0.2, 0.25) is 5.88 Å². The summed E-state index contributed by atoms with van der Waals surface area (Å²) in [6.45, 7) is 10.4. The second-order valence-corrected chi connectivity index (χ2v) is 7.73. The summed E-state index contributed by atoms with van der Waals surface area (Å²) in [6.07, 6.45) is 2.70. The maximum absolute atomic E-state index is 6.18. The largest absolute Gasteiger partial charge is 0.473 e. The van der Waals surface area contributed by atoms with Crippen molar-refractivity contribution in [2.75, 3.05) is 29.5 Å². The summed E-state index contributed by atoms with van der Waals surface area (Å²) in [5.74, 6) is 2.37. The Balaban J connectivity index is 2.20. The number of anilines is 2. The van der Waals surface area contributed by atoms with Gasteiger partial charge in [0.1, 0.15) is 12.0 Å². The molecule has 0 spiro atoms. The van der Waals surface area contributed by atoms with Gasteiger partial charge in [0.15, 0.2) is 5.82 Å². The molecule has 2 N–H and O–H groups in total. The summed E-state index contributed by atoms with van der Waals surface area (Å²) in [5.41, 5.74) is 6.73. The van der Waals surface area contributed by atoms with Gasteiger partial charge in [-0.25, -0.2) is 4.98 Å². The first-order valence-electron chi connectivity index (χ1n) is 7.05. The van der Waals surface area contributed by atoms with Crippen LogP contribution in [0.3, 0.4) is 0 Å². The van der Waals surface area contributed by atoms with E-state index in [0.717, 1.165) is 31.1 Å². The van der Waals surface area contributed by atoms with Gasteiger partial charge >= 0.3 is 0 Å². The molecule has 0 radical (unpaired) electrons. The van der Waals surface area contributed by atoms with E-state index in [4.69, 9.17) is 10.5 Å². The molecule has 0 aliphatic carbocycles. The van der Waals surface area contributed by atoms with Crippen molar-refractivity contribution in [3.63, 3.8) is 0 Å². The molecular weight excluding hydrogens is 272 g/mol. The van der Waals surface area contributed by atoms with Crippen LogP contribution in [-0.2, 0) is 0 Å². The second-order valence-electron chi connectivity index (χ2n) is 5.93. The zero-order chi connectivity index (χ0) is 14.8. The van der Waals surface area contributed by atoms with E-state index in [1.54, 1.807) is 0 Å². The van der Waals surface area contributed by atoms with Crippen molar-refractivity contribution in [3.8, 4) is 5.88 Å². The highest BCUT2D eigenvalue weighted by molar-refractivity contribution is 8.00. The molecule has 5 nitrogen and oxygen atoms in total. The standard InChI is InChI=1S/C14H24N4OS/c1-10(2)19-13-11(15)12(16-9-17-13)18-6-5-14(3,4)20-8-7-18/h9-10H,5-8,15H2,1-4H3. The average Bonchev–Trinajstić information content (AvgIpc) is 2.53. The lowest BCUT2D eigenvalue weighted by atomic mass is 10.1. The highest BCUT2D eigenvalue weighted by Gasteiger charge is 2.26. The minimum Gasteiger partial charge on any atom is -0.473 e. The SMILES string of the molecule is CC(C)Oc1ncnc(N2CCSC(C)(C)CC2)c1N. The number of rotatable bonds is 3. The third-order valence-corrected chi connectivity index (χ3v) is 4.68. The lowest BCUT2D eigenvalue weighted by Gasteiger charge is -2.24. The molecule has 1 saturated heterocycles. The molecule has 1 aliphatic rings. The van der Waals surface area contributed by atoms with Gasteiger partial charge < -0.3 is 15.4 Å². The Morgan fingerprint density at radius 2 is 2.10 bits per heavy atom. The Kier molecular flexibility index (Phi) is 4.62. The first-order valence-corrected chi connectivity index (χ1v) is 8.03. The number of aromatic nitrogens is 2. The number of nitrogens with zero attached hydrogens (tertiary/aromatic N) is 3. The highest BCUT2D eigenvalue weighted by atomic mass is 32.2. The number of nitrogen functional groups attached to an aromatic ring is 1. The van der Waals surface area contributed by atoms with Gasteiger partial charge in [-0.3, -0.25) is 0 Å². The van der Waals surface area contributed by atoms with Crippen molar-refractivity contribution >= 4 is 23.3 Å². The van der Waals surface area contributed by atoms with Crippen molar-refractivity contribution < 1.29 is 4.74 Å². The predicted octanol–water partition coefficient (Wildman–Crippen LogP) is 2.57. The summed E-state index contributed by atoms with van der Waals surface area (Å²) >= 11 is 2.00. The molecule has 1 fully saturated rings. The number of ether oxygens (including phenoxy) is 1. The molecule has 0 amide bonds. The van der Waals surface area contributed by atoms with Crippen LogP contribution < -0.4 is 15.4 Å². The van der Waals surface area contributed by atoms with E-state index >= 15 is 0 Å². The molecule has 0 bridgehead atoms. The molecule has 20 heavy (non-hydrogen) atoms. The normalized spacial score (nSPS) is 18.9. The Morgan fingerprint density at radius 3 is 2.80 bits per heavy atom. The molecule has 0 atom stereocenters. The number of hydrogen-bond donors (Lipinski definition) is 1. The van der Waals surface area contributed by atoms with Crippen molar-refractivity contribution in [2.45, 2.75) is 45.0 Å². The third kappa shape index (κ3) is 3.69. The van der Waals surface area contributed by atoms with Crippen LogP contribution in [0.2, 0.25) is 0 Å². The molecule has 0 aromatic carbocycles. The highest BCUT2D eigenvalue weighted by Crippen LogP contribution is 2.34. The fourth-order valence-corrected chi connectivity index (χ4v) is 3.27. The molecule has 2 rings (SSSR count). The summed E-state index contributed by atoms with van der Waals surface area (Å²) < 4.78 is 5.95. The maximum Gasteiger partial charge on any atom is 0.242 e. The van der Waals surface area contributed by atoms with Crippen LogP contribution in [0.25, 0.3) is 0 Å². The Bertz CT molecular complexity index is 464. The van der Waals surface area contributed by atoms with Gasteiger partial charge in [0.05, 0.1) is 6.10 Å². The fraction of sp³-hybridized carbons (Fsp3) is 0.714. The molecule has 6 heteroatoms. The van der Waals surface area contributed by atoms with Crippen LogP contribution in [0.1, 0.15) is 34.1 Å². The lowest BCUT2D eigenvalue weighted by molar-refractivity contribution is 0.234. The van der Waals surface area contributed by atoms with Gasteiger partial charge in [0, 0.05) is 23.6 Å². The summed E-state index contributed by atoms with van der Waals surface area (Å²) in [4.78, 5) is 10.7. The van der Waals surface area contributed by atoms with E-state index in [9.17, 15) is 0 Å². The van der Waals surface area contributed by atoms with Gasteiger partial charge in [0.25, 0.3) is 0 Å². The Hall–Kier alpha value is -1.17. The van der Waals surface area contributed by atoms with Crippen LogP contribution >= 0.6 is 11.8 Å². The minimum absolute atomic E-state index is 0.0543. The van der Waals surface area contributed by atoms with Crippen LogP contribution in [0, 0.1) is 0 Å². The van der Waals surface area contributed by atoms with Crippen molar-refractivity contribution in [1.29, 1.82) is 0 Å². The molecule has 1 aromatic heterocycles. The molecule has 112 valence electrons. The number of thioether (sulfide) groups is 1. The van der Waals surface area contributed by atoms with Crippen molar-refractivity contribution in [1.82, 2.24) is 9.97 Å². The molecule has 1 aromatic rings. The van der Waals surface area contributed by atoms with Crippen molar-refractivity contribution in [2.24, 2.45) is 0 Å². The lowest BCUT2D eigenvalue weighted by Crippen LogP contribution is -2.29. The summed E-state index contributed by atoms with van der Waals surface area (Å²) in [6, 6.07) is 0. The molecular formula is C14H24N4OS. The summed E-state index contributed by atoms with van der Waals surface area (Å²) in [5, 5.41) is 0. The quantitative estimate of drug-likeness (QED) is 0.925. The monoisotopic (exact) mass is 296 g/mol. The van der Waals surface area contributed by atoms with E-state index in [2.05, 4.69) is 28.7 Å². The van der Waals surface area contributed by atoms with E-state index in [1.165, 1.54) is 6.33 Å². The fourth-order valence-electron chi connectivity index (χ4n) is 2.17. The predicted molar refractivity (Wildman–Crippen MR) is 85.6 cm³/mol. The first kappa shape index (κ1) is 15.2. The van der Waals surface area contributed by atoms with Crippen molar-refractivity contribution in [3.05, 3.63) is 6.33 Å². The Labute approximate surface area is 125 Å². The maximum atomic E-state index is 6.18. The number of hydrogen-bond acceptors (Lipinski definition) is 6. The average molecular weight is 296 g/mol. The van der Waals surface area contributed by atoms with Crippen LogP contribution in [0.5, 0.6) is 5.88 Å². The molecule has 0 unspecified atom stereocenters. The number of nitrogens with two attached hydrogens (primary N) is 1. The topological polar surface area (TPSA) is 64.3 Å². The molecule has 2 heterocycles. The molecule has 1 aliphatic heterocycles. The van der Waals surface area contributed by atoms with Gasteiger partial charge in [-0.2, -0.15) is 16.7 Å². The van der Waals surface area contributed by atoms with Crippen LogP contribution in [-0.4, -0.2) is 39.7 Å². The van der Waals surface area contributed by atoms with Crippen LogP contribution in [0.4, 0.5) is 11.5 Å². The summed E-state index contributed by atoms with van der Waals surface area (Å²) in [7, 11) is 0. The van der Waals surface area contributed by atoms with Gasteiger partial charge in [-0.05, 0) is 20.3 Å². The molecule has 0 saturated carbocycles. The van der Waals surface area contributed by atoms with Crippen LogP contribution in [0.15, 0.2) is 6.33 Å². The zero-order valence-electron chi connectivity index (χ0n) is 12.7. The zero-order valence-corrected chi connectivity index (χ0v) is 13.5. The minimum atomic E-state index is 0.0543. The van der Waals surface area contributed by atoms with Gasteiger partial charge in [-0.1, -0.05) is 13.8 Å². The van der Waals surface area contributed by atoms with Gasteiger partial charge in [-0.15, -0.1) is 0 Å². The second kappa shape index (κ2) is 6.08. The van der Waals surface area contributed by atoms with E-state index in [0.29, 0.717) is 16.3 Å². The first-order chi connectivity index (χ1) is 9.39. The van der Waals surface area contributed by atoms with E-state index in [1.807, 2.05) is 25.6 Å².